The molecule has 96 valence electrons. The number of fused-ring (bicyclic) bond motifs is 1. The minimum atomic E-state index is 0.747. The molecule has 2 aromatic heterocycles. The molecule has 0 bridgehead atoms. The zero-order valence-electron chi connectivity index (χ0n) is 11.0. The van der Waals surface area contributed by atoms with Gasteiger partial charge >= 0.3 is 0 Å². The van der Waals surface area contributed by atoms with E-state index in [9.17, 15) is 0 Å². The molecule has 0 unspecified atom stereocenters. The van der Waals surface area contributed by atoms with Crippen LogP contribution in [-0.4, -0.2) is 14.5 Å². The summed E-state index contributed by atoms with van der Waals surface area (Å²) in [7, 11) is 0. The number of imidazole rings is 1. The average molecular weight is 269 g/mol. The van der Waals surface area contributed by atoms with Crippen LogP contribution in [0.4, 0.5) is 0 Å². The van der Waals surface area contributed by atoms with Crippen LogP contribution in [-0.2, 0) is 6.54 Å². The van der Waals surface area contributed by atoms with Crippen LogP contribution in [0.5, 0.6) is 0 Å². The molecule has 0 aliphatic rings. The quantitative estimate of drug-likeness (QED) is 0.719. The summed E-state index contributed by atoms with van der Waals surface area (Å²) in [5.41, 5.74) is 5.68. The Hall–Kier alpha value is -1.94. The van der Waals surface area contributed by atoms with E-state index >= 15 is 0 Å². The van der Waals surface area contributed by atoms with Crippen LogP contribution in [0.2, 0.25) is 0 Å². The summed E-state index contributed by atoms with van der Waals surface area (Å²) in [6.07, 6.45) is 1.91. The summed E-state index contributed by atoms with van der Waals surface area (Å²) < 4.78 is 2.89. The number of benzene rings is 1. The molecule has 3 nitrogen and oxygen atoms in total. The van der Waals surface area contributed by atoms with Crippen molar-refractivity contribution in [3.05, 3.63) is 58.1 Å². The van der Waals surface area contributed by atoms with Gasteiger partial charge in [-0.25, -0.2) is 0 Å². The van der Waals surface area contributed by atoms with Gasteiger partial charge in [0.2, 0.25) is 0 Å². The number of H-pyrrole nitrogens is 1. The number of pyridine rings is 1. The molecule has 0 fully saturated rings. The van der Waals surface area contributed by atoms with E-state index in [0.29, 0.717) is 0 Å². The highest BCUT2D eigenvalue weighted by molar-refractivity contribution is 7.71. The minimum absolute atomic E-state index is 0.747. The van der Waals surface area contributed by atoms with Crippen molar-refractivity contribution in [3.8, 4) is 0 Å². The van der Waals surface area contributed by atoms with Gasteiger partial charge in [0.05, 0.1) is 17.6 Å². The number of nitrogens with one attached hydrogen (secondary N) is 1. The van der Waals surface area contributed by atoms with Gasteiger partial charge in [-0.3, -0.25) is 4.98 Å². The number of aromatic nitrogens is 3. The van der Waals surface area contributed by atoms with E-state index in [1.54, 1.807) is 0 Å². The van der Waals surface area contributed by atoms with Crippen LogP contribution in [0.15, 0.2) is 36.5 Å². The maximum Gasteiger partial charge on any atom is 0.178 e. The van der Waals surface area contributed by atoms with Gasteiger partial charge in [0.25, 0.3) is 0 Å². The Labute approximate surface area is 116 Å². The third-order valence-corrected chi connectivity index (χ3v) is 3.63. The van der Waals surface area contributed by atoms with Crippen LogP contribution in [0.3, 0.4) is 0 Å². The summed E-state index contributed by atoms with van der Waals surface area (Å²) in [5, 5.41) is 0. The third-order valence-electron chi connectivity index (χ3n) is 3.31. The van der Waals surface area contributed by atoms with Gasteiger partial charge in [-0.2, -0.15) is 0 Å². The Balaban J connectivity index is 2.12. The van der Waals surface area contributed by atoms with Gasteiger partial charge in [-0.15, -0.1) is 0 Å². The number of rotatable bonds is 2. The summed E-state index contributed by atoms with van der Waals surface area (Å²) in [6.45, 7) is 4.84. The Kier molecular flexibility index (Phi) is 2.95. The van der Waals surface area contributed by atoms with Gasteiger partial charge in [0.1, 0.15) is 0 Å². The van der Waals surface area contributed by atoms with Gasteiger partial charge in [0.15, 0.2) is 4.77 Å². The number of aromatic amines is 1. The normalized spacial score (nSPS) is 11.1. The first-order chi connectivity index (χ1) is 9.15. The summed E-state index contributed by atoms with van der Waals surface area (Å²) in [6, 6.07) is 10.3. The molecule has 3 rings (SSSR count). The molecular formula is C15H15N3S. The molecule has 0 atom stereocenters. The van der Waals surface area contributed by atoms with Gasteiger partial charge in [-0.1, -0.05) is 18.2 Å². The first-order valence-corrected chi connectivity index (χ1v) is 6.65. The molecule has 2 heterocycles. The number of hydrogen-bond donors (Lipinski definition) is 1. The molecule has 4 heteroatoms. The Morgan fingerprint density at radius 2 is 2.05 bits per heavy atom. The van der Waals surface area contributed by atoms with Gasteiger partial charge < -0.3 is 9.55 Å². The van der Waals surface area contributed by atoms with Crippen molar-refractivity contribution in [1.82, 2.24) is 14.5 Å². The van der Waals surface area contributed by atoms with Crippen LogP contribution in [0, 0.1) is 18.6 Å². The number of aryl methyl sites for hydroxylation is 2. The van der Waals surface area contributed by atoms with Crippen molar-refractivity contribution < 1.29 is 0 Å². The van der Waals surface area contributed by atoms with Crippen molar-refractivity contribution >= 4 is 23.3 Å². The molecular weight excluding hydrogens is 254 g/mol. The van der Waals surface area contributed by atoms with E-state index in [1.807, 2.05) is 25.3 Å². The minimum Gasteiger partial charge on any atom is -0.331 e. The van der Waals surface area contributed by atoms with Crippen molar-refractivity contribution in [2.24, 2.45) is 0 Å². The molecule has 0 saturated heterocycles. The summed E-state index contributed by atoms with van der Waals surface area (Å²) in [5.74, 6) is 0. The lowest BCUT2D eigenvalue weighted by Crippen LogP contribution is -2.01. The molecule has 1 aromatic carbocycles. The lowest BCUT2D eigenvalue weighted by atomic mass is 10.2. The Bertz CT molecular complexity index is 781. The standard InChI is InChI=1S/C15H15N3S/c1-10-4-3-5-13-14(10)18(15(19)17-13)9-12-7-6-11(2)16-8-12/h3-8H,9H2,1-2H3,(H,17,19). The molecule has 0 saturated carbocycles. The molecule has 19 heavy (non-hydrogen) atoms. The second-order valence-electron chi connectivity index (χ2n) is 4.80. The van der Waals surface area contributed by atoms with Crippen molar-refractivity contribution in [3.63, 3.8) is 0 Å². The molecule has 0 radical (unpaired) electrons. The van der Waals surface area contributed by atoms with Crippen LogP contribution in [0.1, 0.15) is 16.8 Å². The fourth-order valence-corrected chi connectivity index (χ4v) is 2.59. The average Bonchev–Trinajstić information content (AvgIpc) is 2.70. The topological polar surface area (TPSA) is 33.6 Å². The SMILES string of the molecule is Cc1ccc(Cn2c(=S)[nH]c3cccc(C)c32)cn1. The van der Waals surface area contributed by atoms with Crippen molar-refractivity contribution in [2.75, 3.05) is 0 Å². The zero-order chi connectivity index (χ0) is 13.4. The first-order valence-electron chi connectivity index (χ1n) is 6.25. The smallest absolute Gasteiger partial charge is 0.178 e. The fraction of sp³-hybridized carbons (Fsp3) is 0.200. The molecule has 0 aliphatic carbocycles. The number of para-hydroxylation sites is 1. The van der Waals surface area contributed by atoms with Crippen LogP contribution in [0.25, 0.3) is 11.0 Å². The number of nitrogens with zero attached hydrogens (tertiary/aromatic N) is 2. The van der Waals surface area contributed by atoms with E-state index in [0.717, 1.165) is 28.1 Å². The molecule has 0 spiro atoms. The maximum atomic E-state index is 5.42. The lowest BCUT2D eigenvalue weighted by molar-refractivity contribution is 0.803. The predicted octanol–water partition coefficient (Wildman–Crippen LogP) is 3.76. The monoisotopic (exact) mass is 269 g/mol. The zero-order valence-corrected chi connectivity index (χ0v) is 11.8. The van der Waals surface area contributed by atoms with Crippen LogP contribution >= 0.6 is 12.2 Å². The highest BCUT2D eigenvalue weighted by atomic mass is 32.1. The maximum absolute atomic E-state index is 5.42. The third kappa shape index (κ3) is 2.19. The highest BCUT2D eigenvalue weighted by Gasteiger charge is 2.07. The lowest BCUT2D eigenvalue weighted by Gasteiger charge is -2.06. The van der Waals surface area contributed by atoms with E-state index < -0.39 is 0 Å². The van der Waals surface area contributed by atoms with Crippen LogP contribution < -0.4 is 0 Å². The van der Waals surface area contributed by atoms with Crippen molar-refractivity contribution in [1.29, 1.82) is 0 Å². The second-order valence-corrected chi connectivity index (χ2v) is 5.18. The molecule has 3 aromatic rings. The van der Waals surface area contributed by atoms with E-state index in [2.05, 4.69) is 39.7 Å². The predicted molar refractivity (Wildman–Crippen MR) is 79.9 cm³/mol. The van der Waals surface area contributed by atoms with E-state index in [4.69, 9.17) is 12.2 Å². The highest BCUT2D eigenvalue weighted by Crippen LogP contribution is 2.19. The largest absolute Gasteiger partial charge is 0.331 e. The molecule has 0 aliphatic heterocycles. The van der Waals surface area contributed by atoms with E-state index in [-0.39, 0.29) is 0 Å². The molecule has 1 N–H and O–H groups in total. The number of hydrogen-bond acceptors (Lipinski definition) is 2. The fourth-order valence-electron chi connectivity index (χ4n) is 2.33. The van der Waals surface area contributed by atoms with E-state index in [1.165, 1.54) is 11.1 Å². The Morgan fingerprint density at radius 3 is 2.79 bits per heavy atom. The Morgan fingerprint density at radius 1 is 1.21 bits per heavy atom. The summed E-state index contributed by atoms with van der Waals surface area (Å²) >= 11 is 5.42. The van der Waals surface area contributed by atoms with Crippen molar-refractivity contribution in [2.45, 2.75) is 20.4 Å². The second kappa shape index (κ2) is 4.63. The van der Waals surface area contributed by atoms with Gasteiger partial charge in [0, 0.05) is 11.9 Å². The molecule has 0 amide bonds. The summed E-state index contributed by atoms with van der Waals surface area (Å²) in [4.78, 5) is 7.59. The first kappa shape index (κ1) is 12.1. The van der Waals surface area contributed by atoms with Gasteiger partial charge in [-0.05, 0) is 49.3 Å².